The molecule has 0 aliphatic carbocycles. The average molecular weight is 296 g/mol. The molecule has 1 atom stereocenters. The van der Waals surface area contributed by atoms with Crippen LogP contribution >= 0.6 is 0 Å². The monoisotopic (exact) mass is 296 g/mol. The van der Waals surface area contributed by atoms with Crippen LogP contribution in [0.3, 0.4) is 0 Å². The molecule has 0 N–H and O–H groups in total. The molecule has 0 fully saturated rings. The second-order valence-corrected chi connectivity index (χ2v) is 3.57. The number of benzene rings is 1. The van der Waals surface area contributed by atoms with Crippen molar-refractivity contribution < 1.29 is 27.4 Å². The summed E-state index contributed by atoms with van der Waals surface area (Å²) in [6.45, 7) is 4.25. The molecular weight excluding hydrogens is 289 g/mol. The first kappa shape index (κ1) is 16.1. The lowest BCUT2D eigenvalue weighted by Gasteiger charge is -2.16. The molecule has 0 aliphatic heterocycles. The molecule has 0 bridgehead atoms. The molecule has 0 radical (unpaired) electrons. The lowest BCUT2D eigenvalue weighted by molar-refractivity contribution is -0.155. The molecule has 0 heterocycles. The number of carbonyl (C=O) groups excluding carboxylic acids is 1. The number of nitriles is 2. The molecule has 5 nitrogen and oxygen atoms in total. The first-order valence-corrected chi connectivity index (χ1v) is 5.37. The molecule has 1 aromatic rings. The lowest BCUT2D eigenvalue weighted by atomic mass is 10.1. The third kappa shape index (κ3) is 3.12. The van der Waals surface area contributed by atoms with Crippen molar-refractivity contribution in [2.24, 2.45) is 0 Å². The summed E-state index contributed by atoms with van der Waals surface area (Å²) in [7, 11) is 0. The molecule has 108 valence electrons. The summed E-state index contributed by atoms with van der Waals surface area (Å²) in [5.74, 6) is -7.10. The third-order valence-electron chi connectivity index (χ3n) is 2.23. The smallest absolute Gasteiger partial charge is 0.333 e. The van der Waals surface area contributed by atoms with Gasteiger partial charge in [-0.2, -0.15) is 14.9 Å². The third-order valence-corrected chi connectivity index (χ3v) is 2.23. The van der Waals surface area contributed by atoms with Crippen LogP contribution in [0.4, 0.5) is 13.2 Å². The van der Waals surface area contributed by atoms with Crippen molar-refractivity contribution in [1.29, 1.82) is 10.5 Å². The summed E-state index contributed by atoms with van der Waals surface area (Å²) < 4.78 is 50.1. The van der Waals surface area contributed by atoms with Gasteiger partial charge >= 0.3 is 5.97 Å². The molecule has 1 aromatic carbocycles. The Morgan fingerprint density at radius 3 is 2.24 bits per heavy atom. The second-order valence-electron chi connectivity index (χ2n) is 3.57. The van der Waals surface area contributed by atoms with Gasteiger partial charge in [0, 0.05) is 13.0 Å². The van der Waals surface area contributed by atoms with Gasteiger partial charge in [0.2, 0.25) is 12.1 Å². The summed E-state index contributed by atoms with van der Waals surface area (Å²) in [4.78, 5) is 10.9. The van der Waals surface area contributed by atoms with Crippen LogP contribution in [0.2, 0.25) is 0 Å². The van der Waals surface area contributed by atoms with E-state index in [1.165, 1.54) is 6.07 Å². The van der Waals surface area contributed by atoms with E-state index in [1.54, 1.807) is 0 Å². The first-order chi connectivity index (χ1) is 9.87. The van der Waals surface area contributed by atoms with Crippen LogP contribution < -0.4 is 4.74 Å². The fourth-order valence-electron chi connectivity index (χ4n) is 1.35. The van der Waals surface area contributed by atoms with Crippen LogP contribution in [0.5, 0.6) is 5.75 Å². The fraction of sp³-hybridized carbons (Fsp3) is 0.154. The number of halogens is 3. The molecule has 0 amide bonds. The van der Waals surface area contributed by atoms with E-state index in [9.17, 15) is 18.0 Å². The molecule has 1 unspecified atom stereocenters. The zero-order valence-electron chi connectivity index (χ0n) is 10.6. The Labute approximate surface area is 117 Å². The summed E-state index contributed by atoms with van der Waals surface area (Å²) in [5.41, 5.74) is -2.25. The Bertz CT molecular complexity index is 690. The second kappa shape index (κ2) is 6.44. The van der Waals surface area contributed by atoms with E-state index in [0.717, 1.165) is 19.1 Å². The van der Waals surface area contributed by atoms with Gasteiger partial charge < -0.3 is 9.47 Å². The van der Waals surface area contributed by atoms with Crippen LogP contribution in [-0.2, 0) is 9.53 Å². The largest absolute Gasteiger partial charge is 0.450 e. The molecule has 0 aliphatic rings. The maximum absolute atomic E-state index is 13.7. The predicted octanol–water partition coefficient (Wildman–Crippen LogP) is 2.30. The number of ether oxygens (including phenoxy) is 2. The van der Waals surface area contributed by atoms with Crippen molar-refractivity contribution in [2.75, 3.05) is 0 Å². The predicted molar refractivity (Wildman–Crippen MR) is 62.1 cm³/mol. The van der Waals surface area contributed by atoms with Gasteiger partial charge in [-0.05, 0) is 0 Å². The molecular formula is C13H7F3N2O3. The molecule has 1 rings (SSSR count). The standard InChI is InChI=1S/C13H7F3N2O3/c1-3-9(19)20-6(2)21-13-8(5-18)10(14)7(4-17)11(15)12(13)16/h3,6H,1H2,2H3. The zero-order chi connectivity index (χ0) is 16.2. The zero-order valence-corrected chi connectivity index (χ0v) is 10.6. The van der Waals surface area contributed by atoms with Crippen LogP contribution in [-0.4, -0.2) is 12.3 Å². The van der Waals surface area contributed by atoms with Crippen LogP contribution in [0.25, 0.3) is 0 Å². The highest BCUT2D eigenvalue weighted by Crippen LogP contribution is 2.31. The number of hydrogen-bond acceptors (Lipinski definition) is 5. The number of hydrogen-bond donors (Lipinski definition) is 0. The Morgan fingerprint density at radius 1 is 1.19 bits per heavy atom. The van der Waals surface area contributed by atoms with E-state index in [1.807, 2.05) is 0 Å². The Hall–Kier alpha value is -3.00. The van der Waals surface area contributed by atoms with Crippen molar-refractivity contribution in [3.05, 3.63) is 41.2 Å². The van der Waals surface area contributed by atoms with Crippen LogP contribution in [0, 0.1) is 40.1 Å². The minimum Gasteiger partial charge on any atom is -0.450 e. The molecule has 0 aromatic heterocycles. The lowest BCUT2D eigenvalue weighted by Crippen LogP contribution is -2.21. The Kier molecular flexibility index (Phi) is 4.92. The van der Waals surface area contributed by atoms with Crippen LogP contribution in [0.15, 0.2) is 12.7 Å². The number of nitrogens with zero attached hydrogens (tertiary/aromatic N) is 2. The quantitative estimate of drug-likeness (QED) is 0.368. The van der Waals surface area contributed by atoms with Crippen molar-refractivity contribution in [3.63, 3.8) is 0 Å². The van der Waals surface area contributed by atoms with Crippen molar-refractivity contribution >= 4 is 5.97 Å². The molecule has 0 spiro atoms. The number of esters is 1. The van der Waals surface area contributed by atoms with E-state index < -0.39 is 46.6 Å². The highest BCUT2D eigenvalue weighted by molar-refractivity contribution is 5.81. The molecule has 8 heteroatoms. The Morgan fingerprint density at radius 2 is 1.76 bits per heavy atom. The van der Waals surface area contributed by atoms with Gasteiger partial charge in [0.15, 0.2) is 17.4 Å². The molecule has 0 saturated carbocycles. The number of carbonyl (C=O) groups is 1. The highest BCUT2D eigenvalue weighted by Gasteiger charge is 2.28. The summed E-state index contributed by atoms with van der Waals surface area (Å²) in [5, 5.41) is 17.3. The minimum absolute atomic E-state index is 0.793. The van der Waals surface area contributed by atoms with Gasteiger partial charge in [-0.25, -0.2) is 13.6 Å². The minimum atomic E-state index is -1.80. The maximum Gasteiger partial charge on any atom is 0.333 e. The van der Waals surface area contributed by atoms with Crippen molar-refractivity contribution in [1.82, 2.24) is 0 Å². The van der Waals surface area contributed by atoms with Gasteiger partial charge in [-0.3, -0.25) is 0 Å². The van der Waals surface area contributed by atoms with Crippen molar-refractivity contribution in [2.45, 2.75) is 13.2 Å². The van der Waals surface area contributed by atoms with E-state index in [2.05, 4.69) is 11.3 Å². The van der Waals surface area contributed by atoms with E-state index >= 15 is 0 Å². The van der Waals surface area contributed by atoms with Gasteiger partial charge in [0.1, 0.15) is 23.3 Å². The molecule has 0 saturated heterocycles. The summed E-state index contributed by atoms with van der Waals surface area (Å²) >= 11 is 0. The SMILES string of the molecule is C=CC(=O)OC(C)Oc1c(F)c(F)c(C#N)c(F)c1C#N. The topological polar surface area (TPSA) is 83.1 Å². The van der Waals surface area contributed by atoms with Gasteiger partial charge in [0.05, 0.1) is 0 Å². The highest BCUT2D eigenvalue weighted by atomic mass is 19.2. The van der Waals surface area contributed by atoms with Gasteiger partial charge in [0.25, 0.3) is 0 Å². The van der Waals surface area contributed by atoms with E-state index in [4.69, 9.17) is 15.3 Å². The summed E-state index contributed by atoms with van der Waals surface area (Å²) in [6, 6.07) is 2.37. The Balaban J connectivity index is 3.31. The molecule has 21 heavy (non-hydrogen) atoms. The van der Waals surface area contributed by atoms with Crippen molar-refractivity contribution in [3.8, 4) is 17.9 Å². The normalized spacial score (nSPS) is 11.0. The average Bonchev–Trinajstić information content (AvgIpc) is 2.45. The summed E-state index contributed by atoms with van der Waals surface area (Å²) in [6.07, 6.45) is -0.648. The number of rotatable bonds is 4. The first-order valence-electron chi connectivity index (χ1n) is 5.37. The van der Waals surface area contributed by atoms with Gasteiger partial charge in [-0.15, -0.1) is 0 Å². The van der Waals surface area contributed by atoms with E-state index in [0.29, 0.717) is 0 Å². The maximum atomic E-state index is 13.7. The van der Waals surface area contributed by atoms with Gasteiger partial charge in [-0.1, -0.05) is 6.58 Å². The van der Waals surface area contributed by atoms with E-state index in [-0.39, 0.29) is 0 Å². The van der Waals surface area contributed by atoms with Crippen LogP contribution in [0.1, 0.15) is 18.1 Å². The fourth-order valence-corrected chi connectivity index (χ4v) is 1.35.